The number of nitrogens with zero attached hydrogens (tertiary/aromatic N) is 3. The predicted octanol–water partition coefficient (Wildman–Crippen LogP) is 4.59. The van der Waals surface area contributed by atoms with Crippen LogP contribution in [0.3, 0.4) is 0 Å². The summed E-state index contributed by atoms with van der Waals surface area (Å²) in [4.78, 5) is 5.26. The van der Waals surface area contributed by atoms with Crippen molar-refractivity contribution in [2.45, 2.75) is 31.4 Å². The minimum absolute atomic E-state index is 0.267. The fourth-order valence-electron chi connectivity index (χ4n) is 3.21. The first-order chi connectivity index (χ1) is 12.1. The van der Waals surface area contributed by atoms with Crippen LogP contribution in [0.2, 0.25) is 0 Å². The second kappa shape index (κ2) is 6.42. The minimum atomic E-state index is -0.915. The molecule has 4 nitrogen and oxygen atoms in total. The molecule has 1 aliphatic rings. The summed E-state index contributed by atoms with van der Waals surface area (Å²) in [5, 5.41) is 15.1. The topological polar surface area (TPSA) is 50.7 Å². The Hall–Kier alpha value is -1.93. The summed E-state index contributed by atoms with van der Waals surface area (Å²) >= 11 is 3.07. The largest absolute Gasteiger partial charge is 0.359 e. The van der Waals surface area contributed by atoms with E-state index < -0.39 is 11.6 Å². The average molecular weight is 378 g/mol. The second-order valence-electron chi connectivity index (χ2n) is 6.32. The Morgan fingerprint density at radius 1 is 1.32 bits per heavy atom. The number of thiophene rings is 1. The lowest BCUT2D eigenvalue weighted by molar-refractivity contribution is 0.0965. The summed E-state index contributed by atoms with van der Waals surface area (Å²) in [6, 6.07) is 4.97. The van der Waals surface area contributed by atoms with Crippen molar-refractivity contribution in [1.82, 2.24) is 15.2 Å². The molecule has 3 heterocycles. The number of alkyl halides is 1. The van der Waals surface area contributed by atoms with E-state index in [4.69, 9.17) is 0 Å². The van der Waals surface area contributed by atoms with Crippen LogP contribution < -0.4 is 5.32 Å². The van der Waals surface area contributed by atoms with Crippen LogP contribution in [-0.2, 0) is 5.41 Å². The number of pyridine rings is 1. The number of hydrogen-bond acceptors (Lipinski definition) is 6. The molecule has 0 saturated heterocycles. The molecule has 0 amide bonds. The van der Waals surface area contributed by atoms with Gasteiger partial charge in [-0.05, 0) is 48.9 Å². The molecule has 1 aliphatic carbocycles. The number of nitrogens with one attached hydrogen (secondary N) is 1. The van der Waals surface area contributed by atoms with Crippen molar-refractivity contribution in [3.05, 3.63) is 46.9 Å². The number of halogens is 2. The van der Waals surface area contributed by atoms with Crippen LogP contribution in [0.15, 0.2) is 29.8 Å². The van der Waals surface area contributed by atoms with Gasteiger partial charge in [0.2, 0.25) is 5.13 Å². The molecule has 3 aromatic heterocycles. The molecule has 130 valence electrons. The molecule has 4 rings (SSSR count). The zero-order valence-electron chi connectivity index (χ0n) is 13.5. The van der Waals surface area contributed by atoms with Crippen molar-refractivity contribution >= 4 is 27.8 Å². The molecular formula is C17H16F2N4S2. The predicted molar refractivity (Wildman–Crippen MR) is 96.5 cm³/mol. The lowest BCUT2D eigenvalue weighted by Crippen LogP contribution is -2.48. The minimum Gasteiger partial charge on any atom is -0.359 e. The van der Waals surface area contributed by atoms with Gasteiger partial charge in [-0.2, -0.15) is 0 Å². The SMILES string of the molecule is Cc1ccsc1-c1nnc(NC[C@]2(c3ncccc3F)C[C@@H](F)C2)s1. The van der Waals surface area contributed by atoms with Crippen molar-refractivity contribution in [2.75, 3.05) is 11.9 Å². The van der Waals surface area contributed by atoms with Gasteiger partial charge in [0.25, 0.3) is 0 Å². The number of hydrogen-bond donors (Lipinski definition) is 1. The van der Waals surface area contributed by atoms with Crippen LogP contribution in [0.4, 0.5) is 13.9 Å². The van der Waals surface area contributed by atoms with Crippen molar-refractivity contribution in [3.8, 4) is 9.88 Å². The molecule has 0 spiro atoms. The maximum atomic E-state index is 14.2. The Kier molecular flexibility index (Phi) is 4.24. The highest BCUT2D eigenvalue weighted by molar-refractivity contribution is 7.23. The number of anilines is 1. The second-order valence-corrected chi connectivity index (χ2v) is 8.21. The third-order valence-electron chi connectivity index (χ3n) is 4.54. The number of aryl methyl sites for hydroxylation is 1. The Balaban J connectivity index is 1.53. The van der Waals surface area contributed by atoms with E-state index in [1.54, 1.807) is 23.6 Å². The molecule has 0 aromatic carbocycles. The molecule has 1 N–H and O–H groups in total. The van der Waals surface area contributed by atoms with Crippen molar-refractivity contribution in [2.24, 2.45) is 0 Å². The van der Waals surface area contributed by atoms with Crippen LogP contribution in [0, 0.1) is 12.7 Å². The van der Waals surface area contributed by atoms with Crippen molar-refractivity contribution in [1.29, 1.82) is 0 Å². The Morgan fingerprint density at radius 3 is 2.84 bits per heavy atom. The van der Waals surface area contributed by atoms with E-state index in [0.29, 0.717) is 17.4 Å². The third kappa shape index (κ3) is 3.04. The van der Waals surface area contributed by atoms with Crippen LogP contribution in [0.1, 0.15) is 24.1 Å². The van der Waals surface area contributed by atoms with Gasteiger partial charge in [-0.1, -0.05) is 11.3 Å². The Bertz CT molecular complexity index is 886. The van der Waals surface area contributed by atoms with Crippen molar-refractivity contribution < 1.29 is 8.78 Å². The first-order valence-electron chi connectivity index (χ1n) is 7.94. The van der Waals surface area contributed by atoms with Crippen LogP contribution in [0.5, 0.6) is 0 Å². The van der Waals surface area contributed by atoms with Crippen LogP contribution >= 0.6 is 22.7 Å². The summed E-state index contributed by atoms with van der Waals surface area (Å²) in [7, 11) is 0. The summed E-state index contributed by atoms with van der Waals surface area (Å²) < 4.78 is 27.7. The lowest BCUT2D eigenvalue weighted by Gasteiger charge is -2.43. The molecule has 25 heavy (non-hydrogen) atoms. The van der Waals surface area contributed by atoms with Crippen LogP contribution in [-0.4, -0.2) is 27.9 Å². The van der Waals surface area contributed by atoms with Gasteiger partial charge in [-0.3, -0.25) is 4.98 Å². The summed E-state index contributed by atoms with van der Waals surface area (Å²) in [6.45, 7) is 2.42. The van der Waals surface area contributed by atoms with Gasteiger partial charge in [0.1, 0.15) is 12.0 Å². The maximum Gasteiger partial charge on any atom is 0.206 e. The Morgan fingerprint density at radius 2 is 2.16 bits per heavy atom. The van der Waals surface area contributed by atoms with Gasteiger partial charge >= 0.3 is 0 Å². The van der Waals surface area contributed by atoms with Crippen molar-refractivity contribution in [3.63, 3.8) is 0 Å². The molecule has 0 aliphatic heterocycles. The molecule has 8 heteroatoms. The summed E-state index contributed by atoms with van der Waals surface area (Å²) in [5.74, 6) is -0.386. The zero-order chi connectivity index (χ0) is 17.4. The van der Waals surface area contributed by atoms with E-state index in [2.05, 4.69) is 20.5 Å². The van der Waals surface area contributed by atoms with Crippen LogP contribution in [0.25, 0.3) is 9.88 Å². The van der Waals surface area contributed by atoms with Gasteiger partial charge in [0.05, 0.1) is 10.6 Å². The lowest BCUT2D eigenvalue weighted by atomic mass is 9.65. The summed E-state index contributed by atoms with van der Waals surface area (Å²) in [5.41, 5.74) is 0.865. The fraction of sp³-hybridized carbons (Fsp3) is 0.353. The fourth-order valence-corrected chi connectivity index (χ4v) is 5.03. The standard InChI is InChI=1S/C17H16F2N4S2/c1-10-4-6-24-13(10)15-22-23-16(25-15)21-9-17(7-11(18)8-17)14-12(19)3-2-5-20-14/h2-6,11H,7-9H2,1H3,(H,21,23)/t11-,17+. The molecule has 0 bridgehead atoms. The van der Waals surface area contributed by atoms with E-state index in [-0.39, 0.29) is 18.7 Å². The first kappa shape index (κ1) is 16.5. The van der Waals surface area contributed by atoms with Gasteiger partial charge < -0.3 is 5.32 Å². The van der Waals surface area contributed by atoms with Gasteiger partial charge in [0.15, 0.2) is 5.01 Å². The highest BCUT2D eigenvalue weighted by Crippen LogP contribution is 2.46. The monoisotopic (exact) mass is 378 g/mol. The smallest absolute Gasteiger partial charge is 0.206 e. The normalized spacial score (nSPS) is 22.6. The zero-order valence-corrected chi connectivity index (χ0v) is 15.1. The van der Waals surface area contributed by atoms with E-state index in [0.717, 1.165) is 9.88 Å². The van der Waals surface area contributed by atoms with Gasteiger partial charge in [-0.25, -0.2) is 8.78 Å². The number of rotatable bonds is 5. The Labute approximate surface area is 152 Å². The molecule has 0 radical (unpaired) electrons. The average Bonchev–Trinajstić information content (AvgIpc) is 3.19. The van der Waals surface area contributed by atoms with E-state index in [1.165, 1.54) is 23.0 Å². The molecule has 1 fully saturated rings. The van der Waals surface area contributed by atoms with E-state index in [1.807, 2.05) is 18.4 Å². The van der Waals surface area contributed by atoms with Gasteiger partial charge in [0, 0.05) is 18.2 Å². The molecule has 0 unspecified atom stereocenters. The molecule has 1 saturated carbocycles. The highest BCUT2D eigenvalue weighted by Gasteiger charge is 2.48. The molecular weight excluding hydrogens is 362 g/mol. The first-order valence-corrected chi connectivity index (χ1v) is 9.64. The maximum absolute atomic E-state index is 14.2. The van der Waals surface area contributed by atoms with Gasteiger partial charge in [-0.15, -0.1) is 21.5 Å². The van der Waals surface area contributed by atoms with E-state index in [9.17, 15) is 8.78 Å². The molecule has 0 atom stereocenters. The molecule has 3 aromatic rings. The van der Waals surface area contributed by atoms with E-state index >= 15 is 0 Å². The third-order valence-corrected chi connectivity index (χ3v) is 6.60. The number of aromatic nitrogens is 3. The quantitative estimate of drug-likeness (QED) is 0.705. The summed E-state index contributed by atoms with van der Waals surface area (Å²) in [6.07, 6.45) is 1.17. The highest BCUT2D eigenvalue weighted by atomic mass is 32.1.